The van der Waals surface area contributed by atoms with Crippen LogP contribution in [-0.4, -0.2) is 43.3 Å². The summed E-state index contributed by atoms with van der Waals surface area (Å²) in [4.78, 5) is 31.8. The second-order valence-electron chi connectivity index (χ2n) is 8.95. The highest BCUT2D eigenvalue weighted by atomic mass is 35.5. The van der Waals surface area contributed by atoms with Crippen molar-refractivity contribution < 1.29 is 18.0 Å². The summed E-state index contributed by atoms with van der Waals surface area (Å²) in [5.41, 5.74) is 0.141. The number of hydrogen-bond acceptors (Lipinski definition) is 5. The predicted molar refractivity (Wildman–Crippen MR) is 119 cm³/mol. The number of carbonyl (C=O) groups excluding carboxylic acids is 1. The number of benzene rings is 1. The number of amides is 1. The molecule has 1 aromatic carbocycles. The van der Waals surface area contributed by atoms with Crippen LogP contribution in [0.2, 0.25) is 5.02 Å². The van der Waals surface area contributed by atoms with Crippen LogP contribution in [0.25, 0.3) is 11.4 Å². The Kier molecular flexibility index (Phi) is 5.75. The Balaban J connectivity index is 1.40. The SMILES string of the molecule is O=C(c1cc(Cl)ccc1-c1ncccn1)N1CC2(CC2)C[C@H]1CCc1nccc(C(F)(F)F)n1. The van der Waals surface area contributed by atoms with E-state index in [-0.39, 0.29) is 29.6 Å². The Bertz CT molecular complexity index is 1220. The third kappa shape index (κ3) is 4.61. The largest absolute Gasteiger partial charge is 0.433 e. The van der Waals surface area contributed by atoms with Crippen LogP contribution in [0.15, 0.2) is 48.9 Å². The molecule has 6 nitrogen and oxygen atoms in total. The van der Waals surface area contributed by atoms with E-state index in [4.69, 9.17) is 11.6 Å². The first kappa shape index (κ1) is 22.7. The Labute approximate surface area is 199 Å². The summed E-state index contributed by atoms with van der Waals surface area (Å²) in [5.74, 6) is 0.376. The maximum Gasteiger partial charge on any atom is 0.433 e. The fourth-order valence-electron chi connectivity index (χ4n) is 4.65. The Hall–Kier alpha value is -3.07. The van der Waals surface area contributed by atoms with Crippen LogP contribution in [0, 0.1) is 5.41 Å². The van der Waals surface area contributed by atoms with Crippen molar-refractivity contribution in [2.45, 2.75) is 44.3 Å². The fraction of sp³-hybridized carbons (Fsp3) is 0.375. The van der Waals surface area contributed by atoms with Crippen molar-refractivity contribution in [3.8, 4) is 11.4 Å². The van der Waals surface area contributed by atoms with E-state index in [0.29, 0.717) is 34.9 Å². The summed E-state index contributed by atoms with van der Waals surface area (Å²) in [6.07, 6.45) is 3.45. The molecule has 1 aliphatic carbocycles. The first-order valence-electron chi connectivity index (χ1n) is 11.0. The molecule has 2 aliphatic rings. The minimum absolute atomic E-state index is 0.0942. The van der Waals surface area contributed by atoms with Crippen LogP contribution in [-0.2, 0) is 12.6 Å². The highest BCUT2D eigenvalue weighted by Gasteiger charge is 2.53. The molecule has 0 radical (unpaired) electrons. The number of hydrogen-bond donors (Lipinski definition) is 0. The number of aryl methyl sites for hydroxylation is 1. The van der Waals surface area contributed by atoms with Gasteiger partial charge in [-0.05, 0) is 61.4 Å². The van der Waals surface area contributed by atoms with Gasteiger partial charge in [-0.3, -0.25) is 4.79 Å². The zero-order valence-electron chi connectivity index (χ0n) is 18.1. The summed E-state index contributed by atoms with van der Waals surface area (Å²) in [6, 6.07) is 7.49. The van der Waals surface area contributed by atoms with Crippen molar-refractivity contribution in [2.75, 3.05) is 6.54 Å². The molecule has 34 heavy (non-hydrogen) atoms. The molecular weight excluding hydrogens is 467 g/mol. The van der Waals surface area contributed by atoms with Gasteiger partial charge in [0.25, 0.3) is 5.91 Å². The van der Waals surface area contributed by atoms with E-state index in [1.54, 1.807) is 36.7 Å². The van der Waals surface area contributed by atoms with E-state index in [9.17, 15) is 18.0 Å². The third-order valence-corrected chi connectivity index (χ3v) is 6.78. The molecule has 176 valence electrons. The maximum absolute atomic E-state index is 13.7. The second kappa shape index (κ2) is 8.61. The fourth-order valence-corrected chi connectivity index (χ4v) is 4.83. The van der Waals surface area contributed by atoms with Crippen LogP contribution < -0.4 is 0 Å². The molecule has 0 N–H and O–H groups in total. The van der Waals surface area contributed by atoms with Crippen molar-refractivity contribution in [1.82, 2.24) is 24.8 Å². The van der Waals surface area contributed by atoms with Gasteiger partial charge >= 0.3 is 6.18 Å². The van der Waals surface area contributed by atoms with Crippen LogP contribution >= 0.6 is 11.6 Å². The standard InChI is InChI=1S/C24H21ClF3N5O/c25-15-2-4-17(21-30-9-1-10-31-21)18(12-15)22(34)33-14-23(7-8-23)13-16(33)3-5-20-29-11-6-19(32-20)24(26,27)28/h1-2,4,6,9-12,16H,3,5,7-8,13-14H2/t16-/m1/s1. The molecule has 1 spiro atoms. The smallest absolute Gasteiger partial charge is 0.335 e. The molecule has 1 saturated heterocycles. The summed E-state index contributed by atoms with van der Waals surface area (Å²) < 4.78 is 39.1. The van der Waals surface area contributed by atoms with E-state index in [1.165, 1.54) is 0 Å². The van der Waals surface area contributed by atoms with Gasteiger partial charge in [0.05, 0.1) is 5.56 Å². The lowest BCUT2D eigenvalue weighted by Gasteiger charge is -2.25. The van der Waals surface area contributed by atoms with Crippen molar-refractivity contribution in [2.24, 2.45) is 5.41 Å². The molecule has 0 unspecified atom stereocenters. The monoisotopic (exact) mass is 487 g/mol. The average Bonchev–Trinajstić information content (AvgIpc) is 3.48. The molecular formula is C24H21ClF3N5O. The molecule has 1 atom stereocenters. The maximum atomic E-state index is 13.7. The summed E-state index contributed by atoms with van der Waals surface area (Å²) in [6.45, 7) is 0.613. The van der Waals surface area contributed by atoms with Gasteiger partial charge in [-0.15, -0.1) is 0 Å². The third-order valence-electron chi connectivity index (χ3n) is 6.55. The van der Waals surface area contributed by atoms with Gasteiger partial charge in [-0.2, -0.15) is 13.2 Å². The lowest BCUT2D eigenvalue weighted by molar-refractivity contribution is -0.141. The molecule has 3 heterocycles. The predicted octanol–water partition coefficient (Wildman–Crippen LogP) is 5.23. The minimum atomic E-state index is -4.52. The average molecular weight is 488 g/mol. The van der Waals surface area contributed by atoms with Gasteiger partial charge < -0.3 is 4.90 Å². The number of alkyl halides is 3. The van der Waals surface area contributed by atoms with Crippen LogP contribution in [0.4, 0.5) is 13.2 Å². The van der Waals surface area contributed by atoms with E-state index in [0.717, 1.165) is 31.5 Å². The zero-order chi connectivity index (χ0) is 23.9. The number of nitrogens with zero attached hydrogens (tertiary/aromatic N) is 5. The van der Waals surface area contributed by atoms with E-state index in [2.05, 4.69) is 19.9 Å². The van der Waals surface area contributed by atoms with Gasteiger partial charge in [-0.25, -0.2) is 19.9 Å². The number of rotatable bonds is 5. The zero-order valence-corrected chi connectivity index (χ0v) is 18.9. The lowest BCUT2D eigenvalue weighted by atomic mass is 10.00. The number of likely N-dealkylation sites (tertiary alicyclic amines) is 1. The molecule has 2 aromatic heterocycles. The van der Waals surface area contributed by atoms with Gasteiger partial charge in [0.2, 0.25) is 0 Å². The summed E-state index contributed by atoms with van der Waals surface area (Å²) in [7, 11) is 0. The Morgan fingerprint density at radius 1 is 1.12 bits per heavy atom. The van der Waals surface area contributed by atoms with Crippen LogP contribution in [0.5, 0.6) is 0 Å². The normalized spacial score (nSPS) is 18.9. The van der Waals surface area contributed by atoms with Crippen molar-refractivity contribution in [3.63, 3.8) is 0 Å². The van der Waals surface area contributed by atoms with Gasteiger partial charge in [0, 0.05) is 48.2 Å². The number of halogens is 4. The Morgan fingerprint density at radius 3 is 2.59 bits per heavy atom. The van der Waals surface area contributed by atoms with Crippen LogP contribution in [0.1, 0.15) is 47.6 Å². The summed E-state index contributed by atoms with van der Waals surface area (Å²) >= 11 is 6.23. The Morgan fingerprint density at radius 2 is 1.88 bits per heavy atom. The van der Waals surface area contributed by atoms with E-state index >= 15 is 0 Å². The highest BCUT2D eigenvalue weighted by molar-refractivity contribution is 6.31. The minimum Gasteiger partial charge on any atom is -0.335 e. The molecule has 5 rings (SSSR count). The van der Waals surface area contributed by atoms with Gasteiger partial charge in [0.15, 0.2) is 5.82 Å². The number of aromatic nitrogens is 4. The lowest BCUT2D eigenvalue weighted by Crippen LogP contribution is -2.36. The number of carbonyl (C=O) groups is 1. The molecule has 1 aliphatic heterocycles. The first-order chi connectivity index (χ1) is 16.2. The van der Waals surface area contributed by atoms with Crippen LogP contribution in [0.3, 0.4) is 0 Å². The van der Waals surface area contributed by atoms with Gasteiger partial charge in [-0.1, -0.05) is 11.6 Å². The van der Waals surface area contributed by atoms with E-state index < -0.39 is 11.9 Å². The molecule has 1 saturated carbocycles. The second-order valence-corrected chi connectivity index (χ2v) is 9.38. The van der Waals surface area contributed by atoms with E-state index in [1.807, 2.05) is 4.90 Å². The first-order valence-corrected chi connectivity index (χ1v) is 11.4. The topological polar surface area (TPSA) is 71.9 Å². The summed E-state index contributed by atoms with van der Waals surface area (Å²) in [5, 5.41) is 0.428. The molecule has 3 aromatic rings. The van der Waals surface area contributed by atoms with Crippen molar-refractivity contribution >= 4 is 17.5 Å². The molecule has 0 bridgehead atoms. The molecule has 1 amide bonds. The highest BCUT2D eigenvalue weighted by Crippen LogP contribution is 2.55. The van der Waals surface area contributed by atoms with Crippen molar-refractivity contribution in [3.05, 3.63) is 71.0 Å². The van der Waals surface area contributed by atoms with Gasteiger partial charge in [0.1, 0.15) is 11.5 Å². The molecule has 2 fully saturated rings. The molecule has 10 heteroatoms. The quantitative estimate of drug-likeness (QED) is 0.492. The van der Waals surface area contributed by atoms with Crippen molar-refractivity contribution in [1.29, 1.82) is 0 Å².